The van der Waals surface area contributed by atoms with E-state index >= 15 is 0 Å². The second-order valence-electron chi connectivity index (χ2n) is 7.60. The summed E-state index contributed by atoms with van der Waals surface area (Å²) in [6.45, 7) is 5.65. The fourth-order valence-corrected chi connectivity index (χ4v) is 4.06. The minimum absolute atomic E-state index is 0.114. The summed E-state index contributed by atoms with van der Waals surface area (Å²) in [5.41, 5.74) is 5.38. The van der Waals surface area contributed by atoms with Gasteiger partial charge in [0.25, 0.3) is 0 Å². The van der Waals surface area contributed by atoms with Crippen molar-refractivity contribution in [2.24, 2.45) is 0 Å². The van der Waals surface area contributed by atoms with Gasteiger partial charge in [0, 0.05) is 36.2 Å². The lowest BCUT2D eigenvalue weighted by Crippen LogP contribution is -2.48. The highest BCUT2D eigenvalue weighted by atomic mass is 16.2. The zero-order valence-electron chi connectivity index (χ0n) is 16.5. The maximum Gasteiger partial charge on any atom is 0.327 e. The molecule has 2 bridgehead atoms. The maximum absolute atomic E-state index is 13.2. The van der Waals surface area contributed by atoms with Crippen molar-refractivity contribution in [2.75, 3.05) is 28.2 Å². The van der Waals surface area contributed by atoms with E-state index in [1.807, 2.05) is 49.1 Å². The largest absolute Gasteiger partial charge is 0.366 e. The highest BCUT2D eigenvalue weighted by Gasteiger charge is 2.40. The number of urea groups is 1. The standard InChI is InChI=1S/C22H22N6O/c1-14-3-4-17(12-24-14)25-22(29)28-18-8-10-27(13-18)20-6-5-19(26-21(20)28)16-7-9-23-15(2)11-16/h3-7,9,11-12,18H,8,10,13H2,1-2H3,(H,25,29). The van der Waals surface area contributed by atoms with Crippen LogP contribution in [0.5, 0.6) is 0 Å². The number of anilines is 3. The van der Waals surface area contributed by atoms with Crippen LogP contribution in [0.15, 0.2) is 48.8 Å². The van der Waals surface area contributed by atoms with Crippen molar-refractivity contribution in [1.29, 1.82) is 0 Å². The van der Waals surface area contributed by atoms with Crippen molar-refractivity contribution >= 4 is 23.2 Å². The third kappa shape index (κ3) is 3.18. The molecule has 3 aromatic heterocycles. The topological polar surface area (TPSA) is 74.2 Å². The van der Waals surface area contributed by atoms with E-state index < -0.39 is 0 Å². The van der Waals surface area contributed by atoms with Crippen molar-refractivity contribution in [2.45, 2.75) is 26.3 Å². The Bertz CT molecular complexity index is 1080. The van der Waals surface area contributed by atoms with Crippen LogP contribution in [-0.4, -0.2) is 40.1 Å². The van der Waals surface area contributed by atoms with Gasteiger partial charge >= 0.3 is 6.03 Å². The lowest BCUT2D eigenvalue weighted by atomic mass is 10.1. The molecule has 1 atom stereocenters. The molecule has 29 heavy (non-hydrogen) atoms. The number of carbonyl (C=O) groups excluding carboxylic acids is 1. The Kier molecular flexibility index (Phi) is 4.16. The summed E-state index contributed by atoms with van der Waals surface area (Å²) in [5, 5.41) is 2.99. The molecule has 2 amide bonds. The monoisotopic (exact) mass is 386 g/mol. The molecular formula is C22H22N6O. The minimum atomic E-state index is -0.168. The minimum Gasteiger partial charge on any atom is -0.366 e. The molecule has 1 saturated heterocycles. The number of amides is 2. The van der Waals surface area contributed by atoms with E-state index in [0.29, 0.717) is 11.5 Å². The summed E-state index contributed by atoms with van der Waals surface area (Å²) >= 11 is 0. The molecule has 2 aliphatic rings. The molecule has 146 valence electrons. The molecular weight excluding hydrogens is 364 g/mol. The first-order valence-electron chi connectivity index (χ1n) is 9.80. The molecule has 5 heterocycles. The molecule has 3 aromatic rings. The zero-order valence-corrected chi connectivity index (χ0v) is 16.5. The SMILES string of the molecule is Cc1ccc(NC(=O)N2c3nc(-c4ccnc(C)c4)ccc3N3CCC2C3)cn1. The van der Waals surface area contributed by atoms with E-state index in [4.69, 9.17) is 4.98 Å². The average Bonchev–Trinajstić information content (AvgIpc) is 3.14. The van der Waals surface area contributed by atoms with Crippen molar-refractivity contribution in [3.8, 4) is 11.3 Å². The molecule has 7 heteroatoms. The molecule has 1 unspecified atom stereocenters. The van der Waals surface area contributed by atoms with Gasteiger partial charge in [0.1, 0.15) is 0 Å². The Labute approximate surface area is 169 Å². The number of carbonyl (C=O) groups is 1. The Morgan fingerprint density at radius 1 is 1.10 bits per heavy atom. The lowest BCUT2D eigenvalue weighted by molar-refractivity contribution is 0.255. The van der Waals surface area contributed by atoms with E-state index in [1.54, 1.807) is 12.4 Å². The van der Waals surface area contributed by atoms with E-state index in [1.165, 1.54) is 0 Å². The molecule has 2 aliphatic heterocycles. The Morgan fingerprint density at radius 2 is 2.00 bits per heavy atom. The van der Waals surface area contributed by atoms with Crippen LogP contribution >= 0.6 is 0 Å². The van der Waals surface area contributed by atoms with Crippen LogP contribution in [0.2, 0.25) is 0 Å². The number of pyridine rings is 3. The fraction of sp³-hybridized carbons (Fsp3) is 0.273. The van der Waals surface area contributed by atoms with Gasteiger partial charge < -0.3 is 10.2 Å². The van der Waals surface area contributed by atoms with E-state index in [2.05, 4.69) is 26.3 Å². The number of aromatic nitrogens is 3. The van der Waals surface area contributed by atoms with Gasteiger partial charge in [-0.3, -0.25) is 14.9 Å². The molecule has 1 N–H and O–H groups in total. The van der Waals surface area contributed by atoms with Gasteiger partial charge in [-0.05, 0) is 56.7 Å². The van der Waals surface area contributed by atoms with Crippen LogP contribution in [0.4, 0.5) is 22.0 Å². The maximum atomic E-state index is 13.2. The highest BCUT2D eigenvalue weighted by molar-refractivity contribution is 6.04. The van der Waals surface area contributed by atoms with E-state index in [9.17, 15) is 4.79 Å². The first-order chi connectivity index (χ1) is 14.1. The van der Waals surface area contributed by atoms with Crippen LogP contribution in [-0.2, 0) is 0 Å². The Balaban J connectivity index is 1.52. The second-order valence-corrected chi connectivity index (χ2v) is 7.60. The van der Waals surface area contributed by atoms with Gasteiger partial charge in [0.05, 0.1) is 29.3 Å². The predicted molar refractivity (Wildman–Crippen MR) is 113 cm³/mol. The summed E-state index contributed by atoms with van der Waals surface area (Å²) in [7, 11) is 0. The molecule has 1 fully saturated rings. The van der Waals surface area contributed by atoms with Crippen molar-refractivity contribution < 1.29 is 4.79 Å². The molecule has 7 nitrogen and oxygen atoms in total. The van der Waals surface area contributed by atoms with Crippen LogP contribution < -0.4 is 15.1 Å². The molecule has 5 rings (SSSR count). The number of nitrogens with zero attached hydrogens (tertiary/aromatic N) is 5. The van der Waals surface area contributed by atoms with Gasteiger partial charge in [-0.1, -0.05) is 0 Å². The van der Waals surface area contributed by atoms with Gasteiger partial charge in [0.2, 0.25) is 0 Å². The summed E-state index contributed by atoms with van der Waals surface area (Å²) in [4.78, 5) is 30.8. The molecule has 0 aliphatic carbocycles. The van der Waals surface area contributed by atoms with Gasteiger partial charge in [0.15, 0.2) is 5.82 Å². The zero-order chi connectivity index (χ0) is 20.0. The quantitative estimate of drug-likeness (QED) is 0.725. The summed E-state index contributed by atoms with van der Waals surface area (Å²) < 4.78 is 0. The summed E-state index contributed by atoms with van der Waals surface area (Å²) in [5.74, 6) is 0.711. The Hall–Kier alpha value is -3.48. The number of nitrogens with one attached hydrogen (secondary N) is 1. The first kappa shape index (κ1) is 17.6. The van der Waals surface area contributed by atoms with E-state index in [0.717, 1.165) is 47.8 Å². The normalized spacial score (nSPS) is 17.2. The number of hydrogen-bond acceptors (Lipinski definition) is 5. The smallest absolute Gasteiger partial charge is 0.327 e. The number of aryl methyl sites for hydroxylation is 2. The number of rotatable bonds is 2. The molecule has 0 spiro atoms. The summed E-state index contributed by atoms with van der Waals surface area (Å²) in [6.07, 6.45) is 4.40. The van der Waals surface area contributed by atoms with Crippen LogP contribution in [0.3, 0.4) is 0 Å². The van der Waals surface area contributed by atoms with E-state index in [-0.39, 0.29) is 12.1 Å². The molecule has 0 saturated carbocycles. The Morgan fingerprint density at radius 3 is 2.79 bits per heavy atom. The highest BCUT2D eigenvalue weighted by Crippen LogP contribution is 2.40. The van der Waals surface area contributed by atoms with Crippen molar-refractivity contribution in [1.82, 2.24) is 15.0 Å². The number of hydrogen-bond donors (Lipinski definition) is 1. The van der Waals surface area contributed by atoms with Gasteiger partial charge in [-0.2, -0.15) is 0 Å². The van der Waals surface area contributed by atoms with Crippen molar-refractivity contribution in [3.05, 3.63) is 60.2 Å². The lowest BCUT2D eigenvalue weighted by Gasteiger charge is -2.36. The van der Waals surface area contributed by atoms with Gasteiger partial charge in [-0.15, -0.1) is 0 Å². The van der Waals surface area contributed by atoms with Gasteiger partial charge in [-0.25, -0.2) is 9.78 Å². The third-order valence-corrected chi connectivity index (χ3v) is 5.53. The number of fused-ring (bicyclic) bond motifs is 4. The fourth-order valence-electron chi connectivity index (χ4n) is 4.06. The second kappa shape index (κ2) is 6.84. The average molecular weight is 386 g/mol. The van der Waals surface area contributed by atoms with Crippen LogP contribution in [0.1, 0.15) is 17.8 Å². The summed E-state index contributed by atoms with van der Waals surface area (Å²) in [6, 6.07) is 11.8. The third-order valence-electron chi connectivity index (χ3n) is 5.53. The first-order valence-corrected chi connectivity index (χ1v) is 9.80. The van der Waals surface area contributed by atoms with Crippen LogP contribution in [0, 0.1) is 13.8 Å². The van der Waals surface area contributed by atoms with Crippen molar-refractivity contribution in [3.63, 3.8) is 0 Å². The van der Waals surface area contributed by atoms with Crippen LogP contribution in [0.25, 0.3) is 11.3 Å². The molecule has 0 radical (unpaired) electrons. The predicted octanol–water partition coefficient (Wildman–Crippen LogP) is 3.79. The molecule has 0 aromatic carbocycles.